The van der Waals surface area contributed by atoms with Crippen LogP contribution in [0, 0.1) is 0 Å². The van der Waals surface area contributed by atoms with Crippen LogP contribution in [0.3, 0.4) is 0 Å². The van der Waals surface area contributed by atoms with Gasteiger partial charge in [0.15, 0.2) is 5.82 Å². The second-order valence-electron chi connectivity index (χ2n) is 5.88. The molecule has 1 saturated heterocycles. The summed E-state index contributed by atoms with van der Waals surface area (Å²) >= 11 is 0. The van der Waals surface area contributed by atoms with E-state index in [0.29, 0.717) is 12.1 Å². The molecule has 0 saturated carbocycles. The van der Waals surface area contributed by atoms with Crippen molar-refractivity contribution in [3.8, 4) is 5.69 Å². The number of piperidine rings is 1. The van der Waals surface area contributed by atoms with Crippen molar-refractivity contribution in [3.05, 3.63) is 42.5 Å². The van der Waals surface area contributed by atoms with Gasteiger partial charge < -0.3 is 10.2 Å². The molecule has 1 aliphatic rings. The van der Waals surface area contributed by atoms with Crippen molar-refractivity contribution >= 4 is 0 Å². The normalized spacial score (nSPS) is 23.3. The highest BCUT2D eigenvalue weighted by molar-refractivity contribution is 5.31. The molecule has 5 nitrogen and oxygen atoms in total. The van der Waals surface area contributed by atoms with E-state index >= 15 is 0 Å². The van der Waals surface area contributed by atoms with Gasteiger partial charge >= 0.3 is 0 Å². The second-order valence-corrected chi connectivity index (χ2v) is 5.88. The van der Waals surface area contributed by atoms with E-state index in [1.54, 1.807) is 6.33 Å². The fraction of sp³-hybridized carbons (Fsp3) is 0.500. The molecule has 5 heteroatoms. The number of para-hydroxylation sites is 1. The maximum Gasteiger partial charge on any atom is 0.151 e. The Morgan fingerprint density at radius 1 is 1.29 bits per heavy atom. The smallest absolute Gasteiger partial charge is 0.151 e. The van der Waals surface area contributed by atoms with E-state index < -0.39 is 0 Å². The van der Waals surface area contributed by atoms with E-state index in [1.807, 2.05) is 22.8 Å². The van der Waals surface area contributed by atoms with Crippen LogP contribution in [0.5, 0.6) is 0 Å². The minimum absolute atomic E-state index is 0.567. The molecule has 2 atom stereocenters. The van der Waals surface area contributed by atoms with Gasteiger partial charge in [0.25, 0.3) is 0 Å². The van der Waals surface area contributed by atoms with Crippen molar-refractivity contribution in [2.75, 3.05) is 13.6 Å². The van der Waals surface area contributed by atoms with E-state index in [9.17, 15) is 0 Å². The van der Waals surface area contributed by atoms with Gasteiger partial charge in [0, 0.05) is 17.8 Å². The molecule has 1 aliphatic heterocycles. The Morgan fingerprint density at radius 3 is 2.86 bits per heavy atom. The number of nitrogens with one attached hydrogen (secondary N) is 1. The quantitative estimate of drug-likeness (QED) is 0.931. The predicted octanol–water partition coefficient (Wildman–Crippen LogP) is 1.84. The summed E-state index contributed by atoms with van der Waals surface area (Å²) in [4.78, 5) is 2.42. The summed E-state index contributed by atoms with van der Waals surface area (Å²) in [5.74, 6) is 0.966. The monoisotopic (exact) mass is 285 g/mol. The second kappa shape index (κ2) is 6.37. The first-order chi connectivity index (χ1) is 10.2. The lowest BCUT2D eigenvalue weighted by molar-refractivity contribution is 0.167. The minimum Gasteiger partial charge on any atom is -0.307 e. The van der Waals surface area contributed by atoms with Gasteiger partial charge in [-0.25, -0.2) is 0 Å². The lowest BCUT2D eigenvalue weighted by Gasteiger charge is -2.35. The zero-order valence-electron chi connectivity index (χ0n) is 12.7. The zero-order chi connectivity index (χ0) is 14.7. The molecule has 2 heterocycles. The Bertz CT molecular complexity index is 565. The van der Waals surface area contributed by atoms with Gasteiger partial charge in [0.05, 0.1) is 6.54 Å². The highest BCUT2D eigenvalue weighted by Gasteiger charge is 2.22. The number of likely N-dealkylation sites (tertiary alicyclic amines) is 1. The van der Waals surface area contributed by atoms with Crippen LogP contribution in [0.2, 0.25) is 0 Å². The number of hydrogen-bond donors (Lipinski definition) is 1. The molecule has 21 heavy (non-hydrogen) atoms. The van der Waals surface area contributed by atoms with Gasteiger partial charge in [-0.3, -0.25) is 4.57 Å². The van der Waals surface area contributed by atoms with Gasteiger partial charge in [-0.1, -0.05) is 18.2 Å². The van der Waals surface area contributed by atoms with Crippen LogP contribution in [0.15, 0.2) is 36.7 Å². The van der Waals surface area contributed by atoms with Crippen LogP contribution < -0.4 is 5.32 Å². The molecule has 1 fully saturated rings. The molecule has 112 valence electrons. The molecule has 1 aromatic heterocycles. The van der Waals surface area contributed by atoms with E-state index in [1.165, 1.54) is 12.8 Å². The van der Waals surface area contributed by atoms with Crippen LogP contribution in [-0.4, -0.2) is 45.3 Å². The number of hydrogen-bond acceptors (Lipinski definition) is 4. The average molecular weight is 285 g/mol. The Hall–Kier alpha value is -1.72. The molecule has 1 N–H and O–H groups in total. The molecule has 3 rings (SSSR count). The molecule has 0 aliphatic carbocycles. The third-order valence-corrected chi connectivity index (χ3v) is 4.41. The van der Waals surface area contributed by atoms with Crippen molar-refractivity contribution in [3.63, 3.8) is 0 Å². The summed E-state index contributed by atoms with van der Waals surface area (Å²) in [5, 5.41) is 11.9. The van der Waals surface area contributed by atoms with E-state index in [0.717, 1.165) is 24.6 Å². The molecule has 0 spiro atoms. The van der Waals surface area contributed by atoms with Crippen LogP contribution in [0.1, 0.15) is 25.6 Å². The van der Waals surface area contributed by atoms with Crippen LogP contribution >= 0.6 is 0 Å². The highest BCUT2D eigenvalue weighted by Crippen LogP contribution is 2.16. The molecule has 1 aromatic carbocycles. The first-order valence-corrected chi connectivity index (χ1v) is 7.62. The number of benzene rings is 1. The Balaban J connectivity index is 1.63. The average Bonchev–Trinajstić information content (AvgIpc) is 2.98. The topological polar surface area (TPSA) is 46.0 Å². The Labute approximate surface area is 126 Å². The molecule has 2 aromatic rings. The maximum atomic E-state index is 4.25. The van der Waals surface area contributed by atoms with Crippen molar-refractivity contribution in [1.82, 2.24) is 25.0 Å². The van der Waals surface area contributed by atoms with Crippen LogP contribution in [-0.2, 0) is 6.54 Å². The molecular weight excluding hydrogens is 262 g/mol. The molecule has 0 unspecified atom stereocenters. The van der Waals surface area contributed by atoms with Crippen LogP contribution in [0.25, 0.3) is 5.69 Å². The van der Waals surface area contributed by atoms with Gasteiger partial charge in [0.2, 0.25) is 0 Å². The number of rotatable bonds is 4. The van der Waals surface area contributed by atoms with Crippen molar-refractivity contribution in [2.24, 2.45) is 0 Å². The Kier molecular flexibility index (Phi) is 4.31. The fourth-order valence-corrected chi connectivity index (χ4v) is 2.89. The van der Waals surface area contributed by atoms with E-state index in [-0.39, 0.29) is 0 Å². The molecular formula is C16H23N5. The molecule has 0 bridgehead atoms. The SMILES string of the molecule is C[C@@H]1C[C@@H](NCc2nncn2-c2ccccc2)CCN1C. The minimum atomic E-state index is 0.567. The van der Waals surface area contributed by atoms with Crippen molar-refractivity contribution in [1.29, 1.82) is 0 Å². The number of aromatic nitrogens is 3. The van der Waals surface area contributed by atoms with E-state index in [2.05, 4.69) is 46.5 Å². The largest absolute Gasteiger partial charge is 0.307 e. The van der Waals surface area contributed by atoms with Crippen molar-refractivity contribution in [2.45, 2.75) is 38.4 Å². The highest BCUT2D eigenvalue weighted by atomic mass is 15.3. The third kappa shape index (κ3) is 3.31. The summed E-state index contributed by atoms with van der Waals surface area (Å²) in [5.41, 5.74) is 1.11. The maximum absolute atomic E-state index is 4.25. The predicted molar refractivity (Wildman–Crippen MR) is 83.3 cm³/mol. The zero-order valence-corrected chi connectivity index (χ0v) is 12.7. The third-order valence-electron chi connectivity index (χ3n) is 4.41. The summed E-state index contributed by atoms with van der Waals surface area (Å²) in [6.07, 6.45) is 4.17. The first kappa shape index (κ1) is 14.2. The summed E-state index contributed by atoms with van der Waals surface area (Å²) in [7, 11) is 2.20. The fourth-order valence-electron chi connectivity index (χ4n) is 2.89. The van der Waals surface area contributed by atoms with E-state index in [4.69, 9.17) is 0 Å². The molecule has 0 amide bonds. The van der Waals surface area contributed by atoms with Gasteiger partial charge in [-0.05, 0) is 45.5 Å². The lowest BCUT2D eigenvalue weighted by Crippen LogP contribution is -2.45. The summed E-state index contributed by atoms with van der Waals surface area (Å²) in [6, 6.07) is 11.4. The summed E-state index contributed by atoms with van der Waals surface area (Å²) in [6.45, 7) is 4.21. The summed E-state index contributed by atoms with van der Waals surface area (Å²) < 4.78 is 2.05. The standard InChI is InChI=1S/C16H23N5/c1-13-10-14(8-9-20(13)2)17-11-16-19-18-12-21(16)15-6-4-3-5-7-15/h3-7,12-14,17H,8-11H2,1-2H3/t13-,14+/m1/s1. The molecule has 0 radical (unpaired) electrons. The lowest BCUT2D eigenvalue weighted by atomic mass is 9.99. The van der Waals surface area contributed by atoms with Crippen LogP contribution in [0.4, 0.5) is 0 Å². The first-order valence-electron chi connectivity index (χ1n) is 7.62. The van der Waals surface area contributed by atoms with Gasteiger partial charge in [-0.2, -0.15) is 0 Å². The number of nitrogens with zero attached hydrogens (tertiary/aromatic N) is 4. The van der Waals surface area contributed by atoms with Gasteiger partial charge in [0.1, 0.15) is 6.33 Å². The Morgan fingerprint density at radius 2 is 2.10 bits per heavy atom. The van der Waals surface area contributed by atoms with Crippen molar-refractivity contribution < 1.29 is 0 Å². The van der Waals surface area contributed by atoms with Gasteiger partial charge in [-0.15, -0.1) is 10.2 Å².